The first-order chi connectivity index (χ1) is 8.86. The minimum atomic E-state index is 0.352. The van der Waals surface area contributed by atoms with Crippen LogP contribution < -0.4 is 0 Å². The highest BCUT2D eigenvalue weighted by atomic mass is 79.9. The van der Waals surface area contributed by atoms with Gasteiger partial charge in [0, 0.05) is 17.4 Å². The Hall–Kier alpha value is -0.340. The van der Waals surface area contributed by atoms with E-state index in [0.29, 0.717) is 16.8 Å². The summed E-state index contributed by atoms with van der Waals surface area (Å²) in [6, 6.07) is 0. The van der Waals surface area contributed by atoms with Gasteiger partial charge in [0.15, 0.2) is 0 Å². The van der Waals surface area contributed by atoms with Crippen molar-refractivity contribution >= 4 is 15.9 Å². The van der Waals surface area contributed by atoms with E-state index in [2.05, 4.69) is 57.5 Å². The molecule has 3 unspecified atom stereocenters. The van der Waals surface area contributed by atoms with Crippen molar-refractivity contribution in [2.24, 2.45) is 5.92 Å². The van der Waals surface area contributed by atoms with Gasteiger partial charge in [-0.1, -0.05) is 15.9 Å². The fraction of sp³-hybridized carbons (Fsp3) is 0.647. The summed E-state index contributed by atoms with van der Waals surface area (Å²) in [5, 5.41) is 0. The summed E-state index contributed by atoms with van der Waals surface area (Å²) < 4.78 is 5.74. The van der Waals surface area contributed by atoms with Crippen molar-refractivity contribution in [1.29, 1.82) is 0 Å². The molecule has 0 N–H and O–H groups in total. The number of alkyl halides is 1. The van der Waals surface area contributed by atoms with E-state index in [1.54, 1.807) is 0 Å². The molecule has 1 nitrogen and oxygen atoms in total. The molecule has 0 saturated carbocycles. The Morgan fingerprint density at radius 2 is 1.42 bits per heavy atom. The van der Waals surface area contributed by atoms with Crippen LogP contribution in [0.4, 0.5) is 0 Å². The molecule has 106 valence electrons. The van der Waals surface area contributed by atoms with Gasteiger partial charge < -0.3 is 4.74 Å². The molecule has 0 aromatic heterocycles. The van der Waals surface area contributed by atoms with Crippen molar-refractivity contribution in [3.63, 3.8) is 0 Å². The van der Waals surface area contributed by atoms with Crippen molar-refractivity contribution < 1.29 is 4.74 Å². The Morgan fingerprint density at radius 1 is 0.947 bits per heavy atom. The zero-order valence-corrected chi connectivity index (χ0v) is 14.5. The Labute approximate surface area is 125 Å². The van der Waals surface area contributed by atoms with Crippen LogP contribution in [-0.4, -0.2) is 12.7 Å². The Kier molecular flexibility index (Phi) is 4.42. The standard InChI is InChI=1S/C17H25BrO/c1-9-10(2)12(4)16(13(5)11(9)3)17(18)15-7-8-19-14(15)6/h14-15,17H,7-8H2,1-6H3. The summed E-state index contributed by atoms with van der Waals surface area (Å²) in [6.07, 6.45) is 1.51. The third kappa shape index (κ3) is 2.50. The van der Waals surface area contributed by atoms with E-state index < -0.39 is 0 Å². The van der Waals surface area contributed by atoms with E-state index in [0.717, 1.165) is 13.0 Å². The molecule has 1 fully saturated rings. The van der Waals surface area contributed by atoms with Gasteiger partial charge in [0.25, 0.3) is 0 Å². The van der Waals surface area contributed by atoms with E-state index in [1.807, 2.05) is 0 Å². The van der Waals surface area contributed by atoms with Crippen molar-refractivity contribution in [3.8, 4) is 0 Å². The van der Waals surface area contributed by atoms with Gasteiger partial charge in [-0.25, -0.2) is 0 Å². The topological polar surface area (TPSA) is 9.23 Å². The fourth-order valence-electron chi connectivity index (χ4n) is 3.29. The predicted octanol–water partition coefficient (Wildman–Crippen LogP) is 5.09. The molecule has 0 radical (unpaired) electrons. The Bertz CT molecular complexity index is 464. The van der Waals surface area contributed by atoms with Gasteiger partial charge in [0.05, 0.1) is 6.10 Å². The van der Waals surface area contributed by atoms with E-state index in [9.17, 15) is 0 Å². The molecule has 1 aromatic carbocycles. The summed E-state index contributed by atoms with van der Waals surface area (Å²) in [5.41, 5.74) is 8.70. The molecule has 0 bridgehead atoms. The molecule has 19 heavy (non-hydrogen) atoms. The van der Waals surface area contributed by atoms with Gasteiger partial charge in [0.1, 0.15) is 0 Å². The first-order valence-corrected chi connectivity index (χ1v) is 8.10. The molecule has 1 heterocycles. The number of rotatable bonds is 2. The van der Waals surface area contributed by atoms with Crippen LogP contribution >= 0.6 is 15.9 Å². The number of hydrogen-bond acceptors (Lipinski definition) is 1. The monoisotopic (exact) mass is 324 g/mol. The van der Waals surface area contributed by atoms with Crippen LogP contribution in [-0.2, 0) is 4.74 Å². The molecule has 1 saturated heterocycles. The quantitative estimate of drug-likeness (QED) is 0.688. The van der Waals surface area contributed by atoms with Crippen LogP contribution in [0.15, 0.2) is 0 Å². The zero-order chi connectivity index (χ0) is 14.3. The van der Waals surface area contributed by atoms with E-state index in [1.165, 1.54) is 33.4 Å². The molecule has 0 aliphatic carbocycles. The van der Waals surface area contributed by atoms with Crippen LogP contribution in [0, 0.1) is 40.5 Å². The van der Waals surface area contributed by atoms with Gasteiger partial charge in [-0.05, 0) is 81.3 Å². The summed E-state index contributed by atoms with van der Waals surface area (Å²) in [4.78, 5) is 0.406. The number of halogens is 1. The molecule has 0 amide bonds. The molecule has 1 aliphatic rings. The first kappa shape index (κ1) is 15.1. The molecule has 3 atom stereocenters. The molecule has 2 heteroatoms. The van der Waals surface area contributed by atoms with E-state index >= 15 is 0 Å². The number of ether oxygens (including phenoxy) is 1. The van der Waals surface area contributed by atoms with Gasteiger partial charge in [0.2, 0.25) is 0 Å². The number of benzene rings is 1. The zero-order valence-electron chi connectivity index (χ0n) is 12.9. The second-order valence-electron chi connectivity index (χ2n) is 5.97. The summed E-state index contributed by atoms with van der Waals surface area (Å²) in [7, 11) is 0. The van der Waals surface area contributed by atoms with Gasteiger partial charge in [-0.3, -0.25) is 0 Å². The molecule has 2 rings (SSSR count). The van der Waals surface area contributed by atoms with Crippen LogP contribution in [0.3, 0.4) is 0 Å². The Morgan fingerprint density at radius 3 is 1.84 bits per heavy atom. The lowest BCUT2D eigenvalue weighted by Gasteiger charge is -2.27. The van der Waals surface area contributed by atoms with Gasteiger partial charge >= 0.3 is 0 Å². The maximum Gasteiger partial charge on any atom is 0.0589 e. The highest BCUT2D eigenvalue weighted by Gasteiger charge is 2.33. The Balaban J connectivity index is 2.50. The maximum absolute atomic E-state index is 5.74. The van der Waals surface area contributed by atoms with Crippen LogP contribution in [0.5, 0.6) is 0 Å². The van der Waals surface area contributed by atoms with Crippen LogP contribution in [0.2, 0.25) is 0 Å². The summed E-state index contributed by atoms with van der Waals surface area (Å²) in [5.74, 6) is 0.582. The lowest BCUT2D eigenvalue weighted by molar-refractivity contribution is 0.105. The van der Waals surface area contributed by atoms with E-state index in [-0.39, 0.29) is 0 Å². The second-order valence-corrected chi connectivity index (χ2v) is 6.96. The van der Waals surface area contributed by atoms with Crippen molar-refractivity contribution in [3.05, 3.63) is 33.4 Å². The average Bonchev–Trinajstić information content (AvgIpc) is 2.80. The predicted molar refractivity (Wildman–Crippen MR) is 85.3 cm³/mol. The van der Waals surface area contributed by atoms with Crippen LogP contribution in [0.25, 0.3) is 0 Å². The second kappa shape index (κ2) is 5.57. The fourth-order valence-corrected chi connectivity index (χ4v) is 4.67. The minimum Gasteiger partial charge on any atom is -0.378 e. The first-order valence-electron chi connectivity index (χ1n) is 7.18. The molecule has 1 aromatic rings. The summed E-state index contributed by atoms with van der Waals surface area (Å²) >= 11 is 3.97. The van der Waals surface area contributed by atoms with E-state index in [4.69, 9.17) is 4.74 Å². The third-order valence-electron chi connectivity index (χ3n) is 5.14. The third-order valence-corrected chi connectivity index (χ3v) is 6.28. The number of hydrogen-bond donors (Lipinski definition) is 0. The molecule has 0 spiro atoms. The lowest BCUT2D eigenvalue weighted by atomic mass is 9.83. The van der Waals surface area contributed by atoms with Crippen LogP contribution in [0.1, 0.15) is 51.6 Å². The highest BCUT2D eigenvalue weighted by Crippen LogP contribution is 2.43. The van der Waals surface area contributed by atoms with Gasteiger partial charge in [-0.2, -0.15) is 0 Å². The lowest BCUT2D eigenvalue weighted by Crippen LogP contribution is -2.18. The SMILES string of the molecule is Cc1c(C)c(C)c(C(Br)C2CCOC2C)c(C)c1C. The average molecular weight is 325 g/mol. The largest absolute Gasteiger partial charge is 0.378 e. The highest BCUT2D eigenvalue weighted by molar-refractivity contribution is 9.09. The minimum absolute atomic E-state index is 0.352. The molecule has 1 aliphatic heterocycles. The molecular weight excluding hydrogens is 300 g/mol. The normalized spacial score (nSPS) is 24.8. The van der Waals surface area contributed by atoms with Crippen molar-refractivity contribution in [2.45, 2.75) is 58.9 Å². The summed E-state index contributed by atoms with van der Waals surface area (Å²) in [6.45, 7) is 14.3. The van der Waals surface area contributed by atoms with Crippen molar-refractivity contribution in [2.75, 3.05) is 6.61 Å². The molecular formula is C17H25BrO. The van der Waals surface area contributed by atoms with Gasteiger partial charge in [-0.15, -0.1) is 0 Å². The smallest absolute Gasteiger partial charge is 0.0589 e. The van der Waals surface area contributed by atoms with Crippen molar-refractivity contribution in [1.82, 2.24) is 0 Å². The maximum atomic E-state index is 5.74.